The first-order valence-electron chi connectivity index (χ1n) is 6.28. The second-order valence-corrected chi connectivity index (χ2v) is 5.59. The van der Waals surface area contributed by atoms with Gasteiger partial charge >= 0.3 is 0 Å². The van der Waals surface area contributed by atoms with E-state index in [1.54, 1.807) is 7.11 Å². The van der Waals surface area contributed by atoms with Crippen LogP contribution in [-0.4, -0.2) is 24.9 Å². The third-order valence-corrected chi connectivity index (χ3v) is 2.86. The van der Waals surface area contributed by atoms with E-state index in [-0.39, 0.29) is 18.1 Å². The summed E-state index contributed by atoms with van der Waals surface area (Å²) in [4.78, 5) is 0. The quantitative estimate of drug-likeness (QED) is 0.875. The maximum absolute atomic E-state index is 8.93. The first-order chi connectivity index (χ1) is 8.38. The van der Waals surface area contributed by atoms with Crippen molar-refractivity contribution in [2.75, 3.05) is 13.7 Å². The molecule has 0 aliphatic carbocycles. The molecule has 102 valence electrons. The monoisotopic (exact) mass is 252 g/mol. The molecule has 0 bridgehead atoms. The van der Waals surface area contributed by atoms with E-state index in [1.807, 2.05) is 19.1 Å². The molecule has 1 atom stereocenters. The lowest BCUT2D eigenvalue weighted by molar-refractivity contribution is 0.0144. The van der Waals surface area contributed by atoms with Gasteiger partial charge in [0.05, 0.1) is 26.4 Å². The molecule has 1 unspecified atom stereocenters. The lowest BCUT2D eigenvalue weighted by Gasteiger charge is -2.23. The van der Waals surface area contributed by atoms with Crippen LogP contribution < -0.4 is 4.74 Å². The number of ether oxygens (including phenoxy) is 2. The molecule has 0 spiro atoms. The van der Waals surface area contributed by atoms with E-state index >= 15 is 0 Å². The lowest BCUT2D eigenvalue weighted by atomic mass is 9.85. The van der Waals surface area contributed by atoms with Gasteiger partial charge in [0.2, 0.25) is 0 Å². The van der Waals surface area contributed by atoms with Crippen molar-refractivity contribution in [3.05, 3.63) is 29.3 Å². The summed E-state index contributed by atoms with van der Waals surface area (Å²) in [6.07, 6.45) is -0.134. The van der Waals surface area contributed by atoms with E-state index in [1.165, 1.54) is 5.56 Å². The van der Waals surface area contributed by atoms with Crippen molar-refractivity contribution >= 4 is 0 Å². The van der Waals surface area contributed by atoms with E-state index in [2.05, 4.69) is 26.8 Å². The topological polar surface area (TPSA) is 38.7 Å². The highest BCUT2D eigenvalue weighted by Crippen LogP contribution is 2.32. The van der Waals surface area contributed by atoms with Crippen LogP contribution in [0.3, 0.4) is 0 Å². The zero-order chi connectivity index (χ0) is 13.8. The Balaban J connectivity index is 2.90. The fraction of sp³-hybridized carbons (Fsp3) is 0.600. The Labute approximate surface area is 110 Å². The standard InChI is InChI=1S/C15H24O3/c1-11(9-16)18-10-12-6-7-14(17-5)13(8-12)15(2,3)4/h6-8,11,16H,9-10H2,1-5H3. The number of aliphatic hydroxyl groups is 1. The normalized spacial score (nSPS) is 13.4. The van der Waals surface area contributed by atoms with Gasteiger partial charge in [-0.15, -0.1) is 0 Å². The lowest BCUT2D eigenvalue weighted by Crippen LogP contribution is -2.15. The maximum Gasteiger partial charge on any atom is 0.122 e. The maximum atomic E-state index is 8.93. The molecule has 0 aromatic heterocycles. The molecule has 0 aliphatic rings. The summed E-state index contributed by atoms with van der Waals surface area (Å²) < 4.78 is 10.9. The van der Waals surface area contributed by atoms with Crippen LogP contribution in [0.15, 0.2) is 18.2 Å². The van der Waals surface area contributed by atoms with Crippen molar-refractivity contribution in [2.24, 2.45) is 0 Å². The average molecular weight is 252 g/mol. The molecule has 0 fully saturated rings. The molecule has 0 saturated carbocycles. The van der Waals surface area contributed by atoms with Crippen molar-refractivity contribution in [3.8, 4) is 5.75 Å². The van der Waals surface area contributed by atoms with Gasteiger partial charge in [-0.25, -0.2) is 0 Å². The van der Waals surface area contributed by atoms with E-state index < -0.39 is 0 Å². The zero-order valence-corrected chi connectivity index (χ0v) is 12.0. The van der Waals surface area contributed by atoms with Gasteiger partial charge in [-0.2, -0.15) is 0 Å². The molecule has 0 heterocycles. The summed E-state index contributed by atoms with van der Waals surface area (Å²) in [5, 5.41) is 8.93. The molecular weight excluding hydrogens is 228 g/mol. The molecule has 0 saturated heterocycles. The van der Waals surface area contributed by atoms with Crippen molar-refractivity contribution in [1.82, 2.24) is 0 Å². The molecule has 1 rings (SSSR count). The Morgan fingerprint density at radius 1 is 1.28 bits per heavy atom. The molecule has 1 aromatic rings. The minimum atomic E-state index is -0.134. The highest BCUT2D eigenvalue weighted by molar-refractivity contribution is 5.41. The van der Waals surface area contributed by atoms with Gasteiger partial charge in [-0.1, -0.05) is 26.8 Å². The van der Waals surface area contributed by atoms with E-state index in [4.69, 9.17) is 14.6 Å². The molecule has 3 heteroatoms. The van der Waals surface area contributed by atoms with E-state index in [0.717, 1.165) is 11.3 Å². The number of benzene rings is 1. The fourth-order valence-corrected chi connectivity index (χ4v) is 1.72. The van der Waals surface area contributed by atoms with Crippen LogP contribution in [0.2, 0.25) is 0 Å². The molecule has 0 aliphatic heterocycles. The first kappa shape index (κ1) is 15.0. The van der Waals surface area contributed by atoms with Gasteiger partial charge < -0.3 is 14.6 Å². The number of aliphatic hydroxyl groups excluding tert-OH is 1. The second-order valence-electron chi connectivity index (χ2n) is 5.59. The largest absolute Gasteiger partial charge is 0.496 e. The third kappa shape index (κ3) is 4.00. The SMILES string of the molecule is COc1ccc(COC(C)CO)cc1C(C)(C)C. The van der Waals surface area contributed by atoms with Gasteiger partial charge in [-0.3, -0.25) is 0 Å². The van der Waals surface area contributed by atoms with Crippen LogP contribution in [0.25, 0.3) is 0 Å². The summed E-state index contributed by atoms with van der Waals surface area (Å²) in [5.74, 6) is 0.904. The summed E-state index contributed by atoms with van der Waals surface area (Å²) in [6.45, 7) is 8.88. The zero-order valence-electron chi connectivity index (χ0n) is 12.0. The van der Waals surface area contributed by atoms with Crippen LogP contribution in [0, 0.1) is 0 Å². The van der Waals surface area contributed by atoms with E-state index in [0.29, 0.717) is 6.61 Å². The van der Waals surface area contributed by atoms with Gasteiger partial charge in [-0.05, 0) is 35.6 Å². The first-order valence-corrected chi connectivity index (χ1v) is 6.28. The Bertz CT molecular complexity index is 380. The summed E-state index contributed by atoms with van der Waals surface area (Å²) in [6, 6.07) is 6.09. The van der Waals surface area contributed by atoms with Crippen molar-refractivity contribution < 1.29 is 14.6 Å². The third-order valence-electron chi connectivity index (χ3n) is 2.86. The smallest absolute Gasteiger partial charge is 0.122 e. The minimum absolute atomic E-state index is 0.0317. The number of hydrogen-bond acceptors (Lipinski definition) is 3. The predicted octanol–water partition coefficient (Wildman–Crippen LogP) is 2.89. The highest BCUT2D eigenvalue weighted by atomic mass is 16.5. The van der Waals surface area contributed by atoms with Crippen LogP contribution >= 0.6 is 0 Å². The molecule has 0 amide bonds. The Morgan fingerprint density at radius 2 is 1.94 bits per heavy atom. The predicted molar refractivity (Wildman–Crippen MR) is 73.0 cm³/mol. The molecular formula is C15H24O3. The number of rotatable bonds is 5. The second kappa shape index (κ2) is 6.21. The van der Waals surface area contributed by atoms with Gasteiger partial charge in [0.1, 0.15) is 5.75 Å². The molecule has 1 aromatic carbocycles. The fourth-order valence-electron chi connectivity index (χ4n) is 1.72. The van der Waals surface area contributed by atoms with Gasteiger partial charge in [0.25, 0.3) is 0 Å². The summed E-state index contributed by atoms with van der Waals surface area (Å²) in [7, 11) is 1.69. The molecule has 0 radical (unpaired) electrons. The highest BCUT2D eigenvalue weighted by Gasteiger charge is 2.19. The summed E-state index contributed by atoms with van der Waals surface area (Å²) >= 11 is 0. The molecule has 18 heavy (non-hydrogen) atoms. The minimum Gasteiger partial charge on any atom is -0.496 e. The average Bonchev–Trinajstić information content (AvgIpc) is 2.34. The Morgan fingerprint density at radius 3 is 2.44 bits per heavy atom. The molecule has 1 N–H and O–H groups in total. The van der Waals surface area contributed by atoms with Gasteiger partial charge in [0.15, 0.2) is 0 Å². The van der Waals surface area contributed by atoms with Crippen molar-refractivity contribution in [3.63, 3.8) is 0 Å². The van der Waals surface area contributed by atoms with Crippen LogP contribution in [0.1, 0.15) is 38.8 Å². The summed E-state index contributed by atoms with van der Waals surface area (Å²) in [5.41, 5.74) is 2.30. The number of methoxy groups -OCH3 is 1. The van der Waals surface area contributed by atoms with Crippen LogP contribution in [0.5, 0.6) is 5.75 Å². The Kier molecular flexibility index (Phi) is 5.17. The number of hydrogen-bond donors (Lipinski definition) is 1. The van der Waals surface area contributed by atoms with Crippen molar-refractivity contribution in [2.45, 2.75) is 45.8 Å². The molecule has 3 nitrogen and oxygen atoms in total. The van der Waals surface area contributed by atoms with Crippen LogP contribution in [-0.2, 0) is 16.8 Å². The van der Waals surface area contributed by atoms with Gasteiger partial charge in [0, 0.05) is 0 Å². The Hall–Kier alpha value is -1.06. The van der Waals surface area contributed by atoms with E-state index in [9.17, 15) is 0 Å². The van der Waals surface area contributed by atoms with Crippen LogP contribution in [0.4, 0.5) is 0 Å². The van der Waals surface area contributed by atoms with Crippen molar-refractivity contribution in [1.29, 1.82) is 0 Å².